The molecule has 0 bridgehead atoms. The molecule has 1 aliphatic carbocycles. The van der Waals surface area contributed by atoms with Crippen LogP contribution < -0.4 is 10.9 Å². The fraction of sp³-hybridized carbons (Fsp3) is 0.300. The van der Waals surface area contributed by atoms with Gasteiger partial charge in [-0.05, 0) is 53.0 Å². The number of fused-ring (bicyclic) bond motifs is 1. The molecule has 8 heteroatoms. The molecule has 1 aliphatic rings. The van der Waals surface area contributed by atoms with Gasteiger partial charge in [0.25, 0.3) is 5.56 Å². The van der Waals surface area contributed by atoms with Crippen LogP contribution >= 0.6 is 27.7 Å². The zero-order chi connectivity index (χ0) is 19.5. The summed E-state index contributed by atoms with van der Waals surface area (Å²) >= 11 is 4.62. The number of pyridine rings is 1. The number of anilines is 1. The number of carbonyl (C=O) groups excluding carboxylic acids is 1. The minimum Gasteiger partial charge on any atom is -0.310 e. The van der Waals surface area contributed by atoms with Gasteiger partial charge in [0.05, 0.1) is 16.7 Å². The van der Waals surface area contributed by atoms with Crippen molar-refractivity contribution in [3.8, 4) is 0 Å². The van der Waals surface area contributed by atoms with Crippen LogP contribution in [0.1, 0.15) is 31.7 Å². The van der Waals surface area contributed by atoms with Crippen LogP contribution in [-0.2, 0) is 4.79 Å². The van der Waals surface area contributed by atoms with Gasteiger partial charge in [-0.25, -0.2) is 9.97 Å². The number of halogens is 1. The molecule has 3 aromatic rings. The third-order valence-electron chi connectivity index (χ3n) is 4.79. The number of thioether (sulfide) groups is 1. The first kappa shape index (κ1) is 19.1. The molecule has 2 aromatic heterocycles. The summed E-state index contributed by atoms with van der Waals surface area (Å²) in [5.41, 5.74) is 0.647. The van der Waals surface area contributed by atoms with Crippen molar-refractivity contribution in [2.24, 2.45) is 0 Å². The van der Waals surface area contributed by atoms with Crippen molar-refractivity contribution in [1.82, 2.24) is 14.5 Å². The number of nitrogens with zero attached hydrogens (tertiary/aromatic N) is 3. The van der Waals surface area contributed by atoms with E-state index in [1.807, 2.05) is 30.3 Å². The van der Waals surface area contributed by atoms with Crippen molar-refractivity contribution in [3.05, 3.63) is 57.4 Å². The van der Waals surface area contributed by atoms with Gasteiger partial charge in [0.15, 0.2) is 5.16 Å². The van der Waals surface area contributed by atoms with Crippen LogP contribution in [0.2, 0.25) is 0 Å². The Labute approximate surface area is 174 Å². The van der Waals surface area contributed by atoms with E-state index in [0.29, 0.717) is 21.9 Å². The van der Waals surface area contributed by atoms with Crippen molar-refractivity contribution < 1.29 is 4.79 Å². The number of hydrogen-bond acceptors (Lipinski definition) is 5. The zero-order valence-corrected chi connectivity index (χ0v) is 17.5. The second-order valence-electron chi connectivity index (χ2n) is 6.72. The van der Waals surface area contributed by atoms with Crippen LogP contribution in [0.15, 0.2) is 57.0 Å². The molecule has 144 valence electrons. The Balaban J connectivity index is 1.58. The van der Waals surface area contributed by atoms with Crippen LogP contribution in [0.5, 0.6) is 0 Å². The van der Waals surface area contributed by atoms with Gasteiger partial charge in [0, 0.05) is 16.7 Å². The van der Waals surface area contributed by atoms with Gasteiger partial charge in [0.2, 0.25) is 5.91 Å². The Hall–Kier alpha value is -2.19. The Morgan fingerprint density at radius 2 is 2.00 bits per heavy atom. The Morgan fingerprint density at radius 1 is 1.21 bits per heavy atom. The summed E-state index contributed by atoms with van der Waals surface area (Å²) < 4.78 is 2.64. The summed E-state index contributed by atoms with van der Waals surface area (Å²) in [5.74, 6) is 0.476. The molecular weight excluding hydrogens is 440 g/mol. The van der Waals surface area contributed by atoms with Crippen molar-refractivity contribution in [2.45, 2.75) is 36.9 Å². The fourth-order valence-electron chi connectivity index (χ4n) is 3.47. The second-order valence-corrected chi connectivity index (χ2v) is 8.58. The van der Waals surface area contributed by atoms with Gasteiger partial charge >= 0.3 is 0 Å². The standard InChI is InChI=1S/C20H19BrN4O2S/c21-13-9-10-17(22-11-13)24-18(26)12-28-20-23-16-8-4-3-7-15(16)19(27)25(20)14-5-1-2-6-14/h3-4,7-11,14H,1-2,5-6,12H2,(H,22,24,26). The molecule has 6 nitrogen and oxygen atoms in total. The summed E-state index contributed by atoms with van der Waals surface area (Å²) in [7, 11) is 0. The molecule has 0 spiro atoms. The predicted octanol–water partition coefficient (Wildman–Crippen LogP) is 4.40. The Bertz CT molecular complexity index is 1060. The van der Waals surface area contributed by atoms with E-state index in [-0.39, 0.29) is 23.3 Å². The predicted molar refractivity (Wildman–Crippen MR) is 115 cm³/mol. The first-order valence-corrected chi connectivity index (χ1v) is 10.9. The maximum atomic E-state index is 13.1. The molecule has 1 N–H and O–H groups in total. The molecule has 1 aromatic carbocycles. The van der Waals surface area contributed by atoms with E-state index in [2.05, 4.69) is 26.2 Å². The minimum absolute atomic E-state index is 0.0185. The summed E-state index contributed by atoms with van der Waals surface area (Å²) in [6, 6.07) is 11.1. The average Bonchev–Trinajstić information content (AvgIpc) is 3.22. The van der Waals surface area contributed by atoms with Crippen LogP contribution in [0, 0.1) is 0 Å². The van der Waals surface area contributed by atoms with E-state index >= 15 is 0 Å². The molecule has 1 saturated carbocycles. The lowest BCUT2D eigenvalue weighted by Crippen LogP contribution is -2.27. The lowest BCUT2D eigenvalue weighted by Gasteiger charge is -2.18. The number of aromatic nitrogens is 3. The van der Waals surface area contributed by atoms with E-state index in [1.165, 1.54) is 11.8 Å². The number of nitrogens with one attached hydrogen (secondary N) is 1. The third-order valence-corrected chi connectivity index (χ3v) is 6.21. The van der Waals surface area contributed by atoms with Gasteiger partial charge in [-0.2, -0.15) is 0 Å². The highest BCUT2D eigenvalue weighted by Crippen LogP contribution is 2.32. The summed E-state index contributed by atoms with van der Waals surface area (Å²) in [5, 5.41) is 4.01. The number of carbonyl (C=O) groups is 1. The van der Waals surface area contributed by atoms with E-state index in [0.717, 1.165) is 30.2 Å². The molecule has 0 saturated heterocycles. The largest absolute Gasteiger partial charge is 0.310 e. The van der Waals surface area contributed by atoms with Crippen LogP contribution in [0.4, 0.5) is 5.82 Å². The SMILES string of the molecule is O=C(CSc1nc2ccccc2c(=O)n1C1CCCC1)Nc1ccc(Br)cn1. The van der Waals surface area contributed by atoms with Crippen LogP contribution in [0.25, 0.3) is 10.9 Å². The minimum atomic E-state index is -0.180. The highest BCUT2D eigenvalue weighted by atomic mass is 79.9. The molecule has 4 rings (SSSR count). The van der Waals surface area contributed by atoms with Gasteiger partial charge in [-0.1, -0.05) is 36.7 Å². The van der Waals surface area contributed by atoms with Gasteiger partial charge in [-0.3, -0.25) is 14.2 Å². The number of para-hydroxylation sites is 1. The molecule has 2 heterocycles. The average molecular weight is 459 g/mol. The first-order chi connectivity index (χ1) is 13.6. The van der Waals surface area contributed by atoms with E-state index in [1.54, 1.807) is 16.8 Å². The molecule has 0 unspecified atom stereocenters. The van der Waals surface area contributed by atoms with E-state index < -0.39 is 0 Å². The van der Waals surface area contributed by atoms with Gasteiger partial charge < -0.3 is 5.32 Å². The topological polar surface area (TPSA) is 76.9 Å². The maximum absolute atomic E-state index is 13.1. The van der Waals surface area contributed by atoms with Gasteiger partial charge in [0.1, 0.15) is 5.82 Å². The van der Waals surface area contributed by atoms with Crippen molar-refractivity contribution in [1.29, 1.82) is 0 Å². The number of hydrogen-bond donors (Lipinski definition) is 1. The number of rotatable bonds is 5. The quantitative estimate of drug-likeness (QED) is 0.452. The maximum Gasteiger partial charge on any atom is 0.262 e. The van der Waals surface area contributed by atoms with Crippen molar-refractivity contribution in [3.63, 3.8) is 0 Å². The Kier molecular flexibility index (Phi) is 5.77. The third kappa shape index (κ3) is 4.12. The fourth-order valence-corrected chi connectivity index (χ4v) is 4.57. The summed E-state index contributed by atoms with van der Waals surface area (Å²) in [4.78, 5) is 34.3. The molecule has 28 heavy (non-hydrogen) atoms. The number of benzene rings is 1. The Morgan fingerprint density at radius 3 is 2.75 bits per heavy atom. The summed E-state index contributed by atoms with van der Waals surface area (Å²) in [6.07, 6.45) is 5.81. The molecule has 0 radical (unpaired) electrons. The van der Waals surface area contributed by atoms with Crippen molar-refractivity contribution >= 4 is 50.3 Å². The normalized spacial score (nSPS) is 14.5. The molecule has 0 aliphatic heterocycles. The highest BCUT2D eigenvalue weighted by Gasteiger charge is 2.23. The molecule has 1 amide bonds. The summed E-state index contributed by atoms with van der Waals surface area (Å²) in [6.45, 7) is 0. The van der Waals surface area contributed by atoms with E-state index in [4.69, 9.17) is 4.98 Å². The van der Waals surface area contributed by atoms with Gasteiger partial charge in [-0.15, -0.1) is 0 Å². The zero-order valence-electron chi connectivity index (χ0n) is 15.1. The monoisotopic (exact) mass is 458 g/mol. The van der Waals surface area contributed by atoms with E-state index in [9.17, 15) is 9.59 Å². The second kappa shape index (κ2) is 8.45. The first-order valence-electron chi connectivity index (χ1n) is 9.17. The highest BCUT2D eigenvalue weighted by molar-refractivity contribution is 9.10. The lowest BCUT2D eigenvalue weighted by atomic mass is 10.2. The molecule has 0 atom stereocenters. The smallest absolute Gasteiger partial charge is 0.262 e. The van der Waals surface area contributed by atoms with Crippen LogP contribution in [-0.4, -0.2) is 26.2 Å². The number of amides is 1. The molecular formula is C20H19BrN4O2S. The molecule has 1 fully saturated rings. The lowest BCUT2D eigenvalue weighted by molar-refractivity contribution is -0.113. The van der Waals surface area contributed by atoms with Crippen molar-refractivity contribution in [2.75, 3.05) is 11.1 Å². The van der Waals surface area contributed by atoms with Crippen LogP contribution in [0.3, 0.4) is 0 Å².